The summed E-state index contributed by atoms with van der Waals surface area (Å²) in [5.41, 5.74) is 5.95. The third-order valence-electron chi connectivity index (χ3n) is 2.05. The van der Waals surface area contributed by atoms with E-state index < -0.39 is 22.4 Å². The Kier molecular flexibility index (Phi) is 5.02. The van der Waals surface area contributed by atoms with Crippen molar-refractivity contribution in [1.29, 1.82) is 0 Å². The molecule has 0 heterocycles. The Morgan fingerprint density at radius 2 is 1.88 bits per heavy atom. The standard InChI is InChI=1S/C11H15F2NOS/c1-8(14)2-3-16(15)7-9-4-10(12)6-11(13)5-9/h4-6,8H,2-3,7,14H2,1H3. The minimum absolute atomic E-state index is 0.00630. The SMILES string of the molecule is CC(N)CCS(=O)Cc1cc(F)cc(F)c1. The molecule has 5 heteroatoms. The second-order valence-electron chi connectivity index (χ2n) is 3.83. The van der Waals surface area contributed by atoms with Gasteiger partial charge >= 0.3 is 0 Å². The Balaban J connectivity index is 2.56. The summed E-state index contributed by atoms with van der Waals surface area (Å²) < 4.78 is 37.2. The molecule has 2 N–H and O–H groups in total. The molecule has 2 atom stereocenters. The molecule has 2 unspecified atom stereocenters. The van der Waals surface area contributed by atoms with Gasteiger partial charge in [0.15, 0.2) is 0 Å². The van der Waals surface area contributed by atoms with Crippen LogP contribution in [-0.2, 0) is 16.6 Å². The van der Waals surface area contributed by atoms with E-state index in [0.717, 1.165) is 6.07 Å². The van der Waals surface area contributed by atoms with Crippen molar-refractivity contribution in [3.63, 3.8) is 0 Å². The lowest BCUT2D eigenvalue weighted by Crippen LogP contribution is -2.18. The first-order valence-electron chi connectivity index (χ1n) is 5.03. The van der Waals surface area contributed by atoms with Crippen LogP contribution in [-0.4, -0.2) is 16.0 Å². The molecule has 0 spiro atoms. The molecular formula is C11H15F2NOS. The molecule has 0 saturated carbocycles. The van der Waals surface area contributed by atoms with Crippen LogP contribution in [0, 0.1) is 11.6 Å². The van der Waals surface area contributed by atoms with Gasteiger partial charge in [-0.25, -0.2) is 8.78 Å². The summed E-state index contributed by atoms with van der Waals surface area (Å²) >= 11 is 0. The fourth-order valence-corrected chi connectivity index (χ4v) is 2.59. The summed E-state index contributed by atoms with van der Waals surface area (Å²) in [4.78, 5) is 0. The quantitative estimate of drug-likeness (QED) is 0.864. The van der Waals surface area contributed by atoms with E-state index in [2.05, 4.69) is 0 Å². The largest absolute Gasteiger partial charge is 0.328 e. The zero-order valence-electron chi connectivity index (χ0n) is 9.08. The molecule has 2 nitrogen and oxygen atoms in total. The minimum atomic E-state index is -1.12. The predicted octanol–water partition coefficient (Wildman–Crippen LogP) is 1.95. The van der Waals surface area contributed by atoms with E-state index in [1.165, 1.54) is 12.1 Å². The molecule has 0 amide bonds. The lowest BCUT2D eigenvalue weighted by Gasteiger charge is -2.05. The first-order chi connectivity index (χ1) is 7.47. The highest BCUT2D eigenvalue weighted by Crippen LogP contribution is 2.10. The molecule has 0 aliphatic rings. The Morgan fingerprint density at radius 3 is 2.38 bits per heavy atom. The monoisotopic (exact) mass is 247 g/mol. The molecule has 0 aliphatic carbocycles. The molecular weight excluding hydrogens is 232 g/mol. The summed E-state index contributed by atoms with van der Waals surface area (Å²) in [6, 6.07) is 3.20. The van der Waals surface area contributed by atoms with Crippen LogP contribution in [0.1, 0.15) is 18.9 Å². The van der Waals surface area contributed by atoms with Gasteiger partial charge in [-0.3, -0.25) is 4.21 Å². The fourth-order valence-electron chi connectivity index (χ4n) is 1.27. The summed E-state index contributed by atoms with van der Waals surface area (Å²) in [6.45, 7) is 1.83. The smallest absolute Gasteiger partial charge is 0.126 e. The third kappa shape index (κ3) is 4.81. The lowest BCUT2D eigenvalue weighted by atomic mass is 10.2. The van der Waals surface area contributed by atoms with Crippen molar-refractivity contribution in [3.05, 3.63) is 35.4 Å². The van der Waals surface area contributed by atoms with E-state index in [-0.39, 0.29) is 11.8 Å². The topological polar surface area (TPSA) is 43.1 Å². The highest BCUT2D eigenvalue weighted by atomic mass is 32.2. The van der Waals surface area contributed by atoms with E-state index in [1.807, 2.05) is 6.92 Å². The average molecular weight is 247 g/mol. The van der Waals surface area contributed by atoms with Crippen molar-refractivity contribution in [2.75, 3.05) is 5.75 Å². The molecule has 0 aromatic heterocycles. The number of rotatable bonds is 5. The normalized spacial score (nSPS) is 14.8. The molecule has 16 heavy (non-hydrogen) atoms. The van der Waals surface area contributed by atoms with Gasteiger partial charge in [-0.1, -0.05) is 0 Å². The van der Waals surface area contributed by atoms with Gasteiger partial charge < -0.3 is 5.73 Å². The van der Waals surface area contributed by atoms with Gasteiger partial charge in [0, 0.05) is 34.4 Å². The van der Waals surface area contributed by atoms with Gasteiger partial charge in [0.2, 0.25) is 0 Å². The summed E-state index contributed by atoms with van der Waals surface area (Å²) in [5, 5.41) is 0. The van der Waals surface area contributed by atoms with Crippen LogP contribution < -0.4 is 5.73 Å². The van der Waals surface area contributed by atoms with Crippen molar-refractivity contribution >= 4 is 10.8 Å². The number of halogens is 2. The van der Waals surface area contributed by atoms with E-state index >= 15 is 0 Å². The number of hydrogen-bond acceptors (Lipinski definition) is 2. The molecule has 1 aromatic rings. The minimum Gasteiger partial charge on any atom is -0.328 e. The van der Waals surface area contributed by atoms with Crippen LogP contribution in [0.5, 0.6) is 0 Å². The zero-order chi connectivity index (χ0) is 12.1. The van der Waals surface area contributed by atoms with Crippen LogP contribution in [0.4, 0.5) is 8.78 Å². The summed E-state index contributed by atoms with van der Waals surface area (Å²) in [6.07, 6.45) is 0.643. The maximum atomic E-state index is 12.8. The van der Waals surface area contributed by atoms with Gasteiger partial charge in [0.25, 0.3) is 0 Å². The molecule has 90 valence electrons. The highest BCUT2D eigenvalue weighted by Gasteiger charge is 2.06. The summed E-state index contributed by atoms with van der Waals surface area (Å²) in [5.74, 6) is -0.657. The highest BCUT2D eigenvalue weighted by molar-refractivity contribution is 7.84. The third-order valence-corrected chi connectivity index (χ3v) is 3.40. The Bertz CT molecular complexity index is 362. The lowest BCUT2D eigenvalue weighted by molar-refractivity contribution is 0.581. The van der Waals surface area contributed by atoms with Gasteiger partial charge in [-0.15, -0.1) is 0 Å². The van der Waals surface area contributed by atoms with E-state index in [0.29, 0.717) is 17.7 Å². The zero-order valence-corrected chi connectivity index (χ0v) is 9.90. The average Bonchev–Trinajstić information content (AvgIpc) is 2.12. The van der Waals surface area contributed by atoms with Gasteiger partial charge in [0.1, 0.15) is 11.6 Å². The maximum Gasteiger partial charge on any atom is 0.126 e. The van der Waals surface area contributed by atoms with Crippen molar-refractivity contribution < 1.29 is 13.0 Å². The fraction of sp³-hybridized carbons (Fsp3) is 0.455. The number of benzene rings is 1. The van der Waals surface area contributed by atoms with Crippen LogP contribution in [0.15, 0.2) is 18.2 Å². The molecule has 1 rings (SSSR count). The Labute approximate surface area is 96.3 Å². The van der Waals surface area contributed by atoms with Gasteiger partial charge in [-0.2, -0.15) is 0 Å². The number of hydrogen-bond donors (Lipinski definition) is 1. The maximum absolute atomic E-state index is 12.8. The van der Waals surface area contributed by atoms with Crippen LogP contribution in [0.2, 0.25) is 0 Å². The molecule has 0 radical (unpaired) electrons. The molecule has 0 bridgehead atoms. The predicted molar refractivity (Wildman–Crippen MR) is 61.3 cm³/mol. The van der Waals surface area contributed by atoms with Gasteiger partial charge in [0.05, 0.1) is 0 Å². The van der Waals surface area contributed by atoms with Crippen molar-refractivity contribution in [2.45, 2.75) is 25.1 Å². The van der Waals surface area contributed by atoms with Crippen molar-refractivity contribution in [3.8, 4) is 0 Å². The van der Waals surface area contributed by atoms with Gasteiger partial charge in [-0.05, 0) is 31.0 Å². The first-order valence-corrected chi connectivity index (χ1v) is 6.51. The summed E-state index contributed by atoms with van der Waals surface area (Å²) in [7, 11) is -1.12. The number of nitrogens with two attached hydrogens (primary N) is 1. The van der Waals surface area contributed by atoms with Crippen LogP contribution in [0.25, 0.3) is 0 Å². The molecule has 1 aromatic carbocycles. The molecule has 0 aliphatic heterocycles. The Morgan fingerprint density at radius 1 is 1.31 bits per heavy atom. The Hall–Kier alpha value is -0.810. The van der Waals surface area contributed by atoms with Crippen LogP contribution >= 0.6 is 0 Å². The van der Waals surface area contributed by atoms with Crippen molar-refractivity contribution in [2.24, 2.45) is 5.73 Å². The van der Waals surface area contributed by atoms with Crippen molar-refractivity contribution in [1.82, 2.24) is 0 Å². The second kappa shape index (κ2) is 6.06. The van der Waals surface area contributed by atoms with E-state index in [1.54, 1.807) is 0 Å². The second-order valence-corrected chi connectivity index (χ2v) is 5.41. The van der Waals surface area contributed by atoms with E-state index in [9.17, 15) is 13.0 Å². The van der Waals surface area contributed by atoms with E-state index in [4.69, 9.17) is 5.73 Å². The molecule has 0 fully saturated rings. The first kappa shape index (κ1) is 13.3. The molecule has 0 saturated heterocycles. The van der Waals surface area contributed by atoms with Crippen LogP contribution in [0.3, 0.4) is 0 Å².